The van der Waals surface area contributed by atoms with E-state index in [4.69, 9.17) is 0 Å². The minimum Gasteiger partial charge on any atom is -0.340 e. The van der Waals surface area contributed by atoms with Crippen molar-refractivity contribution >= 4 is 33.2 Å². The Morgan fingerprint density at radius 1 is 0.955 bits per heavy atom. The van der Waals surface area contributed by atoms with Crippen molar-refractivity contribution in [1.29, 1.82) is 0 Å². The van der Waals surface area contributed by atoms with Gasteiger partial charge in [0.25, 0.3) is 5.91 Å². The first-order chi connectivity index (χ1) is 10.8. The second-order valence-electron chi connectivity index (χ2n) is 4.81. The summed E-state index contributed by atoms with van der Waals surface area (Å²) in [5.41, 5.74) is 1.71. The third kappa shape index (κ3) is 3.29. The summed E-state index contributed by atoms with van der Waals surface area (Å²) in [7, 11) is 0. The Morgan fingerprint density at radius 3 is 2.36 bits per heavy atom. The summed E-state index contributed by atoms with van der Waals surface area (Å²) < 4.78 is 0.797. The van der Waals surface area contributed by atoms with Crippen LogP contribution in [0.3, 0.4) is 0 Å². The summed E-state index contributed by atoms with van der Waals surface area (Å²) in [6.45, 7) is 0. The van der Waals surface area contributed by atoms with Crippen LogP contribution < -0.4 is 5.32 Å². The number of rotatable bonds is 4. The second-order valence-corrected chi connectivity index (χ2v) is 6.65. The van der Waals surface area contributed by atoms with Gasteiger partial charge in [0.05, 0.1) is 11.6 Å². The van der Waals surface area contributed by atoms with Crippen LogP contribution in [0.4, 0.5) is 0 Å². The molecule has 0 saturated carbocycles. The number of halogens is 1. The number of amides is 1. The minimum atomic E-state index is -0.138. The molecule has 2 aromatic carbocycles. The van der Waals surface area contributed by atoms with Crippen molar-refractivity contribution in [1.82, 2.24) is 5.32 Å². The first-order valence-corrected chi connectivity index (χ1v) is 8.56. The van der Waals surface area contributed by atoms with Gasteiger partial charge in [-0.15, -0.1) is 11.3 Å². The molecule has 1 heterocycles. The lowest BCUT2D eigenvalue weighted by atomic mass is 10.0. The number of nitrogens with one attached hydrogen (secondary N) is 1. The SMILES string of the molecule is O=C(N[C@@H](c1ccccc1)c1cccs1)c1ccccc1Br. The topological polar surface area (TPSA) is 29.1 Å². The van der Waals surface area contributed by atoms with Crippen LogP contribution in [0.2, 0.25) is 0 Å². The average Bonchev–Trinajstić information content (AvgIpc) is 3.08. The van der Waals surface area contributed by atoms with Gasteiger partial charge in [-0.05, 0) is 45.1 Å². The molecule has 1 aromatic heterocycles. The summed E-state index contributed by atoms with van der Waals surface area (Å²) in [4.78, 5) is 13.7. The van der Waals surface area contributed by atoms with Gasteiger partial charge in [0.15, 0.2) is 0 Å². The van der Waals surface area contributed by atoms with Gasteiger partial charge < -0.3 is 5.32 Å². The average molecular weight is 372 g/mol. The highest BCUT2D eigenvalue weighted by Crippen LogP contribution is 2.27. The summed E-state index contributed by atoms with van der Waals surface area (Å²) >= 11 is 5.07. The fourth-order valence-electron chi connectivity index (χ4n) is 2.27. The number of hydrogen-bond acceptors (Lipinski definition) is 2. The molecular weight excluding hydrogens is 358 g/mol. The highest BCUT2D eigenvalue weighted by Gasteiger charge is 2.19. The molecule has 2 nitrogen and oxygen atoms in total. The molecule has 1 atom stereocenters. The van der Waals surface area contributed by atoms with E-state index in [0.29, 0.717) is 5.56 Å². The van der Waals surface area contributed by atoms with Gasteiger partial charge in [-0.2, -0.15) is 0 Å². The fraction of sp³-hybridized carbons (Fsp3) is 0.0556. The third-order valence-electron chi connectivity index (χ3n) is 3.35. The summed E-state index contributed by atoms with van der Waals surface area (Å²) in [6, 6.07) is 21.4. The van der Waals surface area contributed by atoms with Crippen LogP contribution in [0.1, 0.15) is 26.8 Å². The lowest BCUT2D eigenvalue weighted by molar-refractivity contribution is 0.0942. The normalized spacial score (nSPS) is 11.9. The standard InChI is InChI=1S/C18H14BrNOS/c19-15-10-5-4-9-14(15)18(21)20-17(16-11-6-12-22-16)13-7-2-1-3-8-13/h1-12,17H,(H,20,21)/t17-/m0/s1. The Hall–Kier alpha value is -1.91. The van der Waals surface area contributed by atoms with Gasteiger partial charge >= 0.3 is 0 Å². The summed E-state index contributed by atoms with van der Waals surface area (Å²) in [5, 5.41) is 5.16. The van der Waals surface area contributed by atoms with Crippen molar-refractivity contribution in [2.24, 2.45) is 0 Å². The van der Waals surface area contributed by atoms with Crippen LogP contribution in [-0.2, 0) is 0 Å². The van der Waals surface area contributed by atoms with Crippen molar-refractivity contribution in [3.8, 4) is 0 Å². The van der Waals surface area contributed by atoms with Crippen LogP contribution in [0.25, 0.3) is 0 Å². The van der Waals surface area contributed by atoms with Gasteiger partial charge in [-0.3, -0.25) is 4.79 Å². The largest absolute Gasteiger partial charge is 0.340 e. The molecule has 0 radical (unpaired) electrons. The number of carbonyl (C=O) groups excluding carboxylic acids is 1. The van der Waals surface area contributed by atoms with E-state index in [1.165, 1.54) is 0 Å². The Balaban J connectivity index is 1.91. The Bertz CT molecular complexity index is 756. The zero-order valence-corrected chi connectivity index (χ0v) is 14.1. The molecule has 0 unspecified atom stereocenters. The highest BCUT2D eigenvalue weighted by molar-refractivity contribution is 9.10. The van der Waals surface area contributed by atoms with Gasteiger partial charge in [-0.25, -0.2) is 0 Å². The molecule has 0 aliphatic carbocycles. The van der Waals surface area contributed by atoms with Crippen molar-refractivity contribution in [3.05, 3.63) is 92.6 Å². The predicted molar refractivity (Wildman–Crippen MR) is 94.2 cm³/mol. The van der Waals surface area contributed by atoms with E-state index in [-0.39, 0.29) is 11.9 Å². The van der Waals surface area contributed by atoms with Crippen LogP contribution in [-0.4, -0.2) is 5.91 Å². The van der Waals surface area contributed by atoms with Gasteiger partial charge in [-0.1, -0.05) is 48.5 Å². The van der Waals surface area contributed by atoms with Crippen molar-refractivity contribution in [3.63, 3.8) is 0 Å². The molecule has 3 rings (SSSR count). The van der Waals surface area contributed by atoms with Crippen LogP contribution in [0.5, 0.6) is 0 Å². The molecule has 0 spiro atoms. The Kier molecular flexibility index (Phi) is 4.71. The van der Waals surface area contributed by atoms with E-state index in [2.05, 4.69) is 21.2 Å². The van der Waals surface area contributed by atoms with E-state index in [1.807, 2.05) is 72.1 Å². The van der Waals surface area contributed by atoms with Crippen LogP contribution >= 0.6 is 27.3 Å². The van der Waals surface area contributed by atoms with E-state index >= 15 is 0 Å². The maximum Gasteiger partial charge on any atom is 0.253 e. The number of benzene rings is 2. The molecular formula is C18H14BrNOS. The molecule has 22 heavy (non-hydrogen) atoms. The second kappa shape index (κ2) is 6.90. The predicted octanol–water partition coefficient (Wildman–Crippen LogP) is 5.03. The quantitative estimate of drug-likeness (QED) is 0.684. The zero-order valence-electron chi connectivity index (χ0n) is 11.7. The molecule has 1 N–H and O–H groups in total. The molecule has 3 aromatic rings. The Labute approximate surface area is 141 Å². The molecule has 0 aliphatic rings. The minimum absolute atomic E-state index is 0.0882. The third-order valence-corrected chi connectivity index (χ3v) is 4.98. The number of thiophene rings is 1. The van der Waals surface area contributed by atoms with Gasteiger partial charge in [0, 0.05) is 9.35 Å². The zero-order chi connectivity index (χ0) is 15.4. The lowest BCUT2D eigenvalue weighted by Crippen LogP contribution is -2.29. The first kappa shape index (κ1) is 15.0. The van der Waals surface area contributed by atoms with Crippen molar-refractivity contribution in [2.45, 2.75) is 6.04 Å². The molecule has 1 amide bonds. The van der Waals surface area contributed by atoms with E-state index in [1.54, 1.807) is 11.3 Å². The van der Waals surface area contributed by atoms with Crippen LogP contribution in [0, 0.1) is 0 Å². The number of hydrogen-bond donors (Lipinski definition) is 1. The van der Waals surface area contributed by atoms with Gasteiger partial charge in [0.1, 0.15) is 0 Å². The van der Waals surface area contributed by atoms with Crippen LogP contribution in [0.15, 0.2) is 76.6 Å². The fourth-order valence-corrected chi connectivity index (χ4v) is 3.54. The van der Waals surface area contributed by atoms with Crippen molar-refractivity contribution in [2.75, 3.05) is 0 Å². The highest BCUT2D eigenvalue weighted by atomic mass is 79.9. The smallest absolute Gasteiger partial charge is 0.253 e. The van der Waals surface area contributed by atoms with Gasteiger partial charge in [0.2, 0.25) is 0 Å². The lowest BCUT2D eigenvalue weighted by Gasteiger charge is -2.18. The van der Waals surface area contributed by atoms with E-state index < -0.39 is 0 Å². The number of carbonyl (C=O) groups is 1. The molecule has 0 fully saturated rings. The monoisotopic (exact) mass is 371 g/mol. The Morgan fingerprint density at radius 2 is 1.68 bits per heavy atom. The molecule has 110 valence electrons. The molecule has 0 saturated heterocycles. The van der Waals surface area contributed by atoms with E-state index in [9.17, 15) is 4.79 Å². The van der Waals surface area contributed by atoms with E-state index in [0.717, 1.165) is 14.9 Å². The molecule has 0 aliphatic heterocycles. The first-order valence-electron chi connectivity index (χ1n) is 6.89. The van der Waals surface area contributed by atoms with Crippen molar-refractivity contribution < 1.29 is 4.79 Å². The molecule has 4 heteroatoms. The summed E-state index contributed by atoms with van der Waals surface area (Å²) in [6.07, 6.45) is 0. The summed E-state index contributed by atoms with van der Waals surface area (Å²) in [5.74, 6) is -0.0882. The maximum absolute atomic E-state index is 12.6. The maximum atomic E-state index is 12.6. The molecule has 0 bridgehead atoms.